The molecule has 10 heteroatoms. The van der Waals surface area contributed by atoms with E-state index < -0.39 is 15.8 Å². The molecule has 2 heterocycles. The Morgan fingerprint density at radius 3 is 2.48 bits per heavy atom. The molecule has 1 aromatic heterocycles. The lowest BCUT2D eigenvalue weighted by atomic mass is 10.3. The van der Waals surface area contributed by atoms with Crippen LogP contribution in [0.25, 0.3) is 0 Å². The number of halogens is 2. The molecule has 0 N–H and O–H groups in total. The third kappa shape index (κ3) is 3.53. The van der Waals surface area contributed by atoms with Crippen molar-refractivity contribution >= 4 is 27.5 Å². The van der Waals surface area contributed by atoms with Crippen molar-refractivity contribution in [2.45, 2.75) is 11.8 Å². The van der Waals surface area contributed by atoms with Gasteiger partial charge in [0.15, 0.2) is 5.69 Å². The second-order valence-electron chi connectivity index (χ2n) is 5.60. The average molecular weight is 388 g/mol. The van der Waals surface area contributed by atoms with Crippen LogP contribution in [0.3, 0.4) is 0 Å². The Morgan fingerprint density at radius 2 is 1.92 bits per heavy atom. The summed E-state index contributed by atoms with van der Waals surface area (Å²) in [6.07, 6.45) is 0. The summed E-state index contributed by atoms with van der Waals surface area (Å²) in [6.45, 7) is 2.37. The number of rotatable bonds is 3. The number of sulfonamides is 1. The highest BCUT2D eigenvalue weighted by Crippen LogP contribution is 2.23. The zero-order valence-corrected chi connectivity index (χ0v) is 14.8. The van der Waals surface area contributed by atoms with Gasteiger partial charge in [-0.1, -0.05) is 16.8 Å². The van der Waals surface area contributed by atoms with Crippen molar-refractivity contribution in [2.75, 3.05) is 26.2 Å². The van der Waals surface area contributed by atoms with Gasteiger partial charge in [-0.2, -0.15) is 4.31 Å². The summed E-state index contributed by atoms with van der Waals surface area (Å²) >= 11 is 5.67. The Hall–Kier alpha value is -1.97. The zero-order chi connectivity index (χ0) is 18.2. The normalized spacial score (nSPS) is 16.2. The molecule has 0 unspecified atom stereocenters. The number of hydrogen-bond acceptors (Lipinski definition) is 5. The van der Waals surface area contributed by atoms with Crippen LogP contribution in [0, 0.1) is 12.7 Å². The number of amides is 1. The first kappa shape index (κ1) is 17.8. The zero-order valence-electron chi connectivity index (χ0n) is 13.3. The van der Waals surface area contributed by atoms with E-state index in [1.807, 2.05) is 0 Å². The van der Waals surface area contributed by atoms with Gasteiger partial charge in [0.1, 0.15) is 11.6 Å². The maximum Gasteiger partial charge on any atom is 0.276 e. The van der Waals surface area contributed by atoms with Crippen LogP contribution < -0.4 is 0 Å². The summed E-state index contributed by atoms with van der Waals surface area (Å²) < 4.78 is 44.6. The van der Waals surface area contributed by atoms with Gasteiger partial charge < -0.3 is 9.42 Å². The molecule has 2 aromatic rings. The van der Waals surface area contributed by atoms with Crippen LogP contribution >= 0.6 is 11.6 Å². The standard InChI is InChI=1S/C15H15ClFN3O4S/c1-10-8-14(18-24-10)15(21)19-4-6-20(7-5-19)25(22,23)11-2-3-13(17)12(16)9-11/h2-3,8-9H,4-7H2,1H3. The van der Waals surface area contributed by atoms with Crippen molar-refractivity contribution in [1.82, 2.24) is 14.4 Å². The maximum absolute atomic E-state index is 13.2. The molecule has 0 radical (unpaired) electrons. The highest BCUT2D eigenvalue weighted by Gasteiger charge is 2.31. The second-order valence-corrected chi connectivity index (χ2v) is 7.94. The van der Waals surface area contributed by atoms with Crippen LogP contribution in [0.4, 0.5) is 4.39 Å². The van der Waals surface area contributed by atoms with Crippen molar-refractivity contribution < 1.29 is 22.1 Å². The molecule has 0 atom stereocenters. The fourth-order valence-corrected chi connectivity index (χ4v) is 4.24. The first-order chi connectivity index (χ1) is 11.8. The molecule has 0 aliphatic carbocycles. The molecule has 3 rings (SSSR count). The van der Waals surface area contributed by atoms with Gasteiger partial charge in [0, 0.05) is 32.2 Å². The predicted octanol–water partition coefficient (Wildman–Crippen LogP) is 1.92. The quantitative estimate of drug-likeness (QED) is 0.803. The van der Waals surface area contributed by atoms with Crippen molar-refractivity contribution in [3.05, 3.63) is 46.6 Å². The lowest BCUT2D eigenvalue weighted by Gasteiger charge is -2.33. The lowest BCUT2D eigenvalue weighted by molar-refractivity contribution is 0.0687. The van der Waals surface area contributed by atoms with Crippen LogP contribution in [0.1, 0.15) is 16.2 Å². The number of nitrogens with zero attached hydrogens (tertiary/aromatic N) is 3. The van der Waals surface area contributed by atoms with E-state index in [9.17, 15) is 17.6 Å². The minimum absolute atomic E-state index is 0.0780. The van der Waals surface area contributed by atoms with Gasteiger partial charge in [0.2, 0.25) is 10.0 Å². The molecule has 0 saturated carbocycles. The van der Waals surface area contributed by atoms with Crippen molar-refractivity contribution in [3.8, 4) is 0 Å². The first-order valence-corrected chi connectivity index (χ1v) is 9.28. The highest BCUT2D eigenvalue weighted by atomic mass is 35.5. The molecule has 0 bridgehead atoms. The third-order valence-electron chi connectivity index (χ3n) is 3.90. The minimum Gasteiger partial charge on any atom is -0.361 e. The average Bonchev–Trinajstić information content (AvgIpc) is 3.03. The molecule has 134 valence electrons. The van der Waals surface area contributed by atoms with E-state index in [1.165, 1.54) is 21.3 Å². The Bertz CT molecular complexity index is 907. The van der Waals surface area contributed by atoms with E-state index in [1.54, 1.807) is 6.92 Å². The van der Waals surface area contributed by atoms with Crippen LogP contribution in [-0.4, -0.2) is 54.9 Å². The van der Waals surface area contributed by atoms with E-state index in [4.69, 9.17) is 16.1 Å². The second kappa shape index (κ2) is 6.74. The molecule has 1 fully saturated rings. The molecule has 1 amide bonds. The minimum atomic E-state index is -3.80. The van der Waals surface area contributed by atoms with Crippen molar-refractivity contribution in [1.29, 1.82) is 0 Å². The number of piperazine rings is 1. The summed E-state index contributed by atoms with van der Waals surface area (Å²) in [5.41, 5.74) is 0.194. The molecule has 7 nitrogen and oxygen atoms in total. The first-order valence-electron chi connectivity index (χ1n) is 7.47. The molecule has 1 aliphatic heterocycles. The van der Waals surface area contributed by atoms with E-state index in [0.29, 0.717) is 5.76 Å². The SMILES string of the molecule is Cc1cc(C(=O)N2CCN(S(=O)(=O)c3ccc(F)c(Cl)c3)CC2)no1. The number of benzene rings is 1. The molecule has 0 spiro atoms. The number of carbonyl (C=O) groups is 1. The summed E-state index contributed by atoms with van der Waals surface area (Å²) in [7, 11) is -3.80. The predicted molar refractivity (Wildman–Crippen MR) is 87.3 cm³/mol. The Kier molecular flexibility index (Phi) is 4.81. The maximum atomic E-state index is 13.2. The van der Waals surface area contributed by atoms with Gasteiger partial charge >= 0.3 is 0 Å². The van der Waals surface area contributed by atoms with Gasteiger partial charge in [0.25, 0.3) is 5.91 Å². The van der Waals surface area contributed by atoms with Gasteiger partial charge in [-0.15, -0.1) is 0 Å². The molecular formula is C15H15ClFN3O4S. The van der Waals surface area contributed by atoms with Gasteiger partial charge in [-0.3, -0.25) is 4.79 Å². The topological polar surface area (TPSA) is 83.7 Å². The Morgan fingerprint density at radius 1 is 1.24 bits per heavy atom. The number of hydrogen-bond donors (Lipinski definition) is 0. The fourth-order valence-electron chi connectivity index (χ4n) is 2.55. The Balaban J connectivity index is 1.71. The van der Waals surface area contributed by atoms with Crippen LogP contribution in [0.15, 0.2) is 33.7 Å². The van der Waals surface area contributed by atoms with Crippen LogP contribution in [-0.2, 0) is 10.0 Å². The highest BCUT2D eigenvalue weighted by molar-refractivity contribution is 7.89. The summed E-state index contributed by atoms with van der Waals surface area (Å²) in [5.74, 6) is -0.463. The summed E-state index contributed by atoms with van der Waals surface area (Å²) in [6, 6.07) is 4.81. The van der Waals surface area contributed by atoms with Crippen molar-refractivity contribution in [2.24, 2.45) is 0 Å². The monoisotopic (exact) mass is 387 g/mol. The van der Waals surface area contributed by atoms with Gasteiger partial charge in [0.05, 0.1) is 9.92 Å². The van der Waals surface area contributed by atoms with E-state index >= 15 is 0 Å². The molecule has 1 aromatic carbocycles. The number of aromatic nitrogens is 1. The third-order valence-corrected chi connectivity index (χ3v) is 6.09. The number of carbonyl (C=O) groups excluding carboxylic acids is 1. The summed E-state index contributed by atoms with van der Waals surface area (Å²) in [4.78, 5) is 13.7. The van der Waals surface area contributed by atoms with Gasteiger partial charge in [-0.25, -0.2) is 12.8 Å². The molecule has 1 saturated heterocycles. The molecule has 25 heavy (non-hydrogen) atoms. The van der Waals surface area contributed by atoms with Gasteiger partial charge in [-0.05, 0) is 25.1 Å². The molecule has 1 aliphatic rings. The van der Waals surface area contributed by atoms with E-state index in [-0.39, 0.29) is 47.7 Å². The lowest BCUT2D eigenvalue weighted by Crippen LogP contribution is -2.50. The van der Waals surface area contributed by atoms with Crippen LogP contribution in [0.5, 0.6) is 0 Å². The smallest absolute Gasteiger partial charge is 0.276 e. The van der Waals surface area contributed by atoms with Crippen molar-refractivity contribution in [3.63, 3.8) is 0 Å². The number of aryl methyl sites for hydroxylation is 1. The fraction of sp³-hybridized carbons (Fsp3) is 0.333. The molecular weight excluding hydrogens is 373 g/mol. The van der Waals surface area contributed by atoms with E-state index in [0.717, 1.165) is 12.1 Å². The Labute approximate surface area is 149 Å². The van der Waals surface area contributed by atoms with Crippen LogP contribution in [0.2, 0.25) is 5.02 Å². The summed E-state index contributed by atoms with van der Waals surface area (Å²) in [5, 5.41) is 3.42. The van der Waals surface area contributed by atoms with E-state index in [2.05, 4.69) is 5.16 Å². The largest absolute Gasteiger partial charge is 0.361 e.